The van der Waals surface area contributed by atoms with Gasteiger partial charge in [-0.15, -0.1) is 11.3 Å². The van der Waals surface area contributed by atoms with Crippen LogP contribution in [-0.2, 0) is 14.9 Å². The molecule has 1 aromatic heterocycles. The number of ether oxygens (including phenoxy) is 1. The van der Waals surface area contributed by atoms with Crippen molar-refractivity contribution in [1.82, 2.24) is 4.98 Å². The summed E-state index contributed by atoms with van der Waals surface area (Å²) in [4.78, 5) is 19.1. The molecule has 118 valence electrons. The van der Waals surface area contributed by atoms with Crippen LogP contribution in [0.1, 0.15) is 53.2 Å². The van der Waals surface area contributed by atoms with E-state index in [9.17, 15) is 4.79 Å². The fourth-order valence-corrected chi connectivity index (χ4v) is 3.46. The minimum Gasteiger partial charge on any atom is -0.465 e. The summed E-state index contributed by atoms with van der Waals surface area (Å²) in [7, 11) is 0. The van der Waals surface area contributed by atoms with E-state index in [2.05, 4.69) is 18.7 Å². The van der Waals surface area contributed by atoms with Crippen LogP contribution in [0.3, 0.4) is 0 Å². The summed E-state index contributed by atoms with van der Waals surface area (Å²) in [5.41, 5.74) is 0.562. The van der Waals surface area contributed by atoms with Crippen molar-refractivity contribution in [2.75, 3.05) is 24.6 Å². The minimum atomic E-state index is -0.681. The lowest BCUT2D eigenvalue weighted by Crippen LogP contribution is -2.37. The number of aromatic nitrogens is 1. The van der Waals surface area contributed by atoms with Crippen molar-refractivity contribution in [3.63, 3.8) is 0 Å². The summed E-state index contributed by atoms with van der Waals surface area (Å²) in [5.74, 6) is -0.207. The second-order valence-corrected chi connectivity index (χ2v) is 7.85. The van der Waals surface area contributed by atoms with E-state index in [1.54, 1.807) is 11.3 Å². The summed E-state index contributed by atoms with van der Waals surface area (Å²) in [6, 6.07) is 0. The van der Waals surface area contributed by atoms with Crippen LogP contribution in [0.4, 0.5) is 5.13 Å². The standard InChI is InChI=1S/C16H26N2O2S/c1-6-20-13(19)16(4,5)12-11-21-14(17-12)18-9-7-15(2,3)8-10-18/h11H,6-10H2,1-5H3. The van der Waals surface area contributed by atoms with Crippen molar-refractivity contribution in [1.29, 1.82) is 0 Å². The number of thiazole rings is 1. The zero-order valence-corrected chi connectivity index (χ0v) is 14.5. The maximum Gasteiger partial charge on any atom is 0.317 e. The van der Waals surface area contributed by atoms with E-state index in [1.807, 2.05) is 26.2 Å². The fourth-order valence-electron chi connectivity index (χ4n) is 2.42. The molecule has 0 radical (unpaired) electrons. The largest absolute Gasteiger partial charge is 0.465 e. The molecule has 0 saturated carbocycles. The first-order valence-electron chi connectivity index (χ1n) is 7.64. The van der Waals surface area contributed by atoms with E-state index in [0.29, 0.717) is 12.0 Å². The quantitative estimate of drug-likeness (QED) is 0.797. The molecule has 1 aromatic rings. The van der Waals surface area contributed by atoms with Crippen LogP contribution < -0.4 is 4.90 Å². The van der Waals surface area contributed by atoms with Crippen molar-refractivity contribution in [3.8, 4) is 0 Å². The lowest BCUT2D eigenvalue weighted by Gasteiger charge is -2.36. The molecule has 1 fully saturated rings. The Morgan fingerprint density at radius 3 is 2.62 bits per heavy atom. The van der Waals surface area contributed by atoms with Gasteiger partial charge < -0.3 is 9.64 Å². The topological polar surface area (TPSA) is 42.4 Å². The highest BCUT2D eigenvalue weighted by atomic mass is 32.1. The molecule has 0 atom stereocenters. The normalized spacial score (nSPS) is 18.6. The summed E-state index contributed by atoms with van der Waals surface area (Å²) in [6.45, 7) is 12.7. The molecule has 0 spiro atoms. The van der Waals surface area contributed by atoms with Gasteiger partial charge in [0, 0.05) is 18.5 Å². The van der Waals surface area contributed by atoms with Crippen LogP contribution in [0, 0.1) is 5.41 Å². The molecule has 0 bridgehead atoms. The Bertz CT molecular complexity index is 498. The number of nitrogens with zero attached hydrogens (tertiary/aromatic N) is 2. The highest BCUT2D eigenvalue weighted by molar-refractivity contribution is 7.13. The molecule has 0 aliphatic carbocycles. The molecule has 1 aliphatic rings. The van der Waals surface area contributed by atoms with Crippen LogP contribution in [0.5, 0.6) is 0 Å². The van der Waals surface area contributed by atoms with Crippen molar-refractivity contribution in [2.24, 2.45) is 5.41 Å². The molecule has 0 amide bonds. The van der Waals surface area contributed by atoms with Gasteiger partial charge in [0.25, 0.3) is 0 Å². The van der Waals surface area contributed by atoms with Gasteiger partial charge in [0.05, 0.1) is 12.3 Å². The molecule has 21 heavy (non-hydrogen) atoms. The zero-order chi connectivity index (χ0) is 15.7. The van der Waals surface area contributed by atoms with Gasteiger partial charge in [-0.25, -0.2) is 4.98 Å². The highest BCUT2D eigenvalue weighted by Gasteiger charge is 2.35. The highest BCUT2D eigenvalue weighted by Crippen LogP contribution is 2.35. The van der Waals surface area contributed by atoms with Crippen LogP contribution in [0.25, 0.3) is 0 Å². The molecule has 4 nitrogen and oxygen atoms in total. The monoisotopic (exact) mass is 310 g/mol. The van der Waals surface area contributed by atoms with Gasteiger partial charge in [-0.2, -0.15) is 0 Å². The lowest BCUT2D eigenvalue weighted by molar-refractivity contribution is -0.148. The molecule has 2 heterocycles. The lowest BCUT2D eigenvalue weighted by atomic mass is 9.83. The smallest absolute Gasteiger partial charge is 0.317 e. The van der Waals surface area contributed by atoms with Crippen molar-refractivity contribution >= 4 is 22.4 Å². The number of hydrogen-bond acceptors (Lipinski definition) is 5. The summed E-state index contributed by atoms with van der Waals surface area (Å²) in [6.07, 6.45) is 2.37. The van der Waals surface area contributed by atoms with E-state index in [1.165, 1.54) is 12.8 Å². The maximum atomic E-state index is 12.1. The Hall–Kier alpha value is -1.10. The Kier molecular flexibility index (Phi) is 4.61. The van der Waals surface area contributed by atoms with Gasteiger partial charge >= 0.3 is 5.97 Å². The second kappa shape index (κ2) is 5.95. The summed E-state index contributed by atoms with van der Waals surface area (Å²) in [5, 5.41) is 3.02. The van der Waals surface area contributed by atoms with Crippen LogP contribution in [0.2, 0.25) is 0 Å². The van der Waals surface area contributed by atoms with Crippen molar-refractivity contribution in [2.45, 2.75) is 52.9 Å². The third-order valence-electron chi connectivity index (χ3n) is 4.31. The van der Waals surface area contributed by atoms with Gasteiger partial charge in [-0.3, -0.25) is 4.79 Å². The van der Waals surface area contributed by atoms with Crippen LogP contribution in [-0.4, -0.2) is 30.6 Å². The van der Waals surface area contributed by atoms with Gasteiger partial charge in [0.1, 0.15) is 5.41 Å². The molecule has 1 saturated heterocycles. The number of hydrogen-bond donors (Lipinski definition) is 0. The van der Waals surface area contributed by atoms with Gasteiger partial charge in [0.15, 0.2) is 5.13 Å². The van der Waals surface area contributed by atoms with E-state index < -0.39 is 5.41 Å². The van der Waals surface area contributed by atoms with Crippen LogP contribution in [0.15, 0.2) is 5.38 Å². The van der Waals surface area contributed by atoms with Crippen molar-refractivity contribution < 1.29 is 9.53 Å². The molecule has 2 rings (SSSR count). The second-order valence-electron chi connectivity index (χ2n) is 7.01. The molecule has 5 heteroatoms. The molecular formula is C16H26N2O2S. The Morgan fingerprint density at radius 1 is 1.43 bits per heavy atom. The van der Waals surface area contributed by atoms with Crippen LogP contribution >= 0.6 is 11.3 Å². The van der Waals surface area contributed by atoms with E-state index >= 15 is 0 Å². The number of carbonyl (C=O) groups excluding carboxylic acids is 1. The molecule has 1 aliphatic heterocycles. The van der Waals surface area contributed by atoms with Gasteiger partial charge in [-0.05, 0) is 39.0 Å². The van der Waals surface area contributed by atoms with E-state index in [-0.39, 0.29) is 5.97 Å². The molecular weight excluding hydrogens is 284 g/mol. The Balaban J connectivity index is 2.10. The first-order valence-corrected chi connectivity index (χ1v) is 8.52. The van der Waals surface area contributed by atoms with Gasteiger partial charge in [-0.1, -0.05) is 13.8 Å². The van der Waals surface area contributed by atoms with Crippen molar-refractivity contribution in [3.05, 3.63) is 11.1 Å². The number of esters is 1. The minimum absolute atomic E-state index is 0.207. The molecule has 0 aromatic carbocycles. The van der Waals surface area contributed by atoms with E-state index in [4.69, 9.17) is 9.72 Å². The average molecular weight is 310 g/mol. The summed E-state index contributed by atoms with van der Waals surface area (Å²) >= 11 is 1.63. The Labute approximate surface area is 131 Å². The zero-order valence-electron chi connectivity index (χ0n) is 13.7. The SMILES string of the molecule is CCOC(=O)C(C)(C)c1csc(N2CCC(C)(C)CC2)n1. The predicted octanol–water partition coefficient (Wildman–Crippen LogP) is 3.61. The number of anilines is 1. The third kappa shape index (κ3) is 3.57. The fraction of sp³-hybridized carbons (Fsp3) is 0.750. The molecule has 0 unspecified atom stereocenters. The molecule has 0 N–H and O–H groups in total. The maximum absolute atomic E-state index is 12.1. The first kappa shape index (κ1) is 16.3. The first-order chi connectivity index (χ1) is 9.76. The average Bonchev–Trinajstić information content (AvgIpc) is 2.89. The predicted molar refractivity (Wildman–Crippen MR) is 87.0 cm³/mol. The number of piperidine rings is 1. The van der Waals surface area contributed by atoms with E-state index in [0.717, 1.165) is 23.9 Å². The third-order valence-corrected chi connectivity index (χ3v) is 5.21. The summed E-state index contributed by atoms with van der Waals surface area (Å²) < 4.78 is 5.16. The number of rotatable bonds is 4. The Morgan fingerprint density at radius 2 is 2.05 bits per heavy atom. The van der Waals surface area contributed by atoms with Gasteiger partial charge in [0.2, 0.25) is 0 Å². The number of carbonyl (C=O) groups is 1.